The Morgan fingerprint density at radius 1 is 1.07 bits per heavy atom. The molecule has 0 bridgehead atoms. The van der Waals surface area contributed by atoms with Crippen molar-refractivity contribution in [1.29, 1.82) is 0 Å². The van der Waals surface area contributed by atoms with Gasteiger partial charge in [0.1, 0.15) is 12.4 Å². The van der Waals surface area contributed by atoms with E-state index in [1.807, 2.05) is 19.2 Å². The van der Waals surface area contributed by atoms with Gasteiger partial charge in [-0.1, -0.05) is 12.1 Å². The maximum atomic E-state index is 11.8. The fourth-order valence-electron chi connectivity index (χ4n) is 2.82. The van der Waals surface area contributed by atoms with Gasteiger partial charge in [0, 0.05) is 0 Å². The van der Waals surface area contributed by atoms with Gasteiger partial charge < -0.3 is 15.2 Å². The van der Waals surface area contributed by atoms with Gasteiger partial charge in [0.15, 0.2) is 6.29 Å². The van der Waals surface area contributed by atoms with Crippen LogP contribution in [0.1, 0.15) is 32.6 Å². The number of imide groups is 1. The first-order valence-corrected chi connectivity index (χ1v) is 8.94. The molecule has 2 aromatic carbocycles. The summed E-state index contributed by atoms with van der Waals surface area (Å²) in [5.74, 6) is -0.612. The van der Waals surface area contributed by atoms with E-state index >= 15 is 0 Å². The van der Waals surface area contributed by atoms with Crippen LogP contribution >= 0.6 is 0 Å². The number of benzene rings is 2. The molecule has 156 valence electrons. The second-order valence-electron chi connectivity index (χ2n) is 6.50. The summed E-state index contributed by atoms with van der Waals surface area (Å²) in [5, 5.41) is 1.85. The number of primary amides is 1. The largest absolute Gasteiger partial charge is 0.488 e. The van der Waals surface area contributed by atoms with Crippen LogP contribution in [0.5, 0.6) is 5.75 Å². The Labute approximate surface area is 173 Å². The van der Waals surface area contributed by atoms with Gasteiger partial charge in [-0.3, -0.25) is 14.9 Å². The number of nitrogens with two attached hydrogens (primary N) is 1. The summed E-state index contributed by atoms with van der Waals surface area (Å²) in [5.41, 5.74) is 8.20. The van der Waals surface area contributed by atoms with Crippen LogP contribution < -0.4 is 15.8 Å². The summed E-state index contributed by atoms with van der Waals surface area (Å²) in [6.45, 7) is 3.97. The maximum absolute atomic E-state index is 11.8. The molecule has 0 aromatic heterocycles. The molecule has 0 aliphatic carbocycles. The van der Waals surface area contributed by atoms with Gasteiger partial charge in [0.05, 0.1) is 18.2 Å². The Morgan fingerprint density at radius 2 is 1.67 bits per heavy atom. The molecule has 0 heterocycles. The van der Waals surface area contributed by atoms with Crippen molar-refractivity contribution in [3.63, 3.8) is 0 Å². The highest BCUT2D eigenvalue weighted by Gasteiger charge is 2.12. The maximum Gasteiger partial charge on any atom is 0.337 e. The van der Waals surface area contributed by atoms with Crippen molar-refractivity contribution < 1.29 is 28.7 Å². The van der Waals surface area contributed by atoms with Gasteiger partial charge in [0.25, 0.3) is 5.91 Å². The monoisotopic (exact) mass is 410 g/mol. The normalized spacial score (nSPS) is 10.8. The summed E-state index contributed by atoms with van der Waals surface area (Å²) in [6.07, 6.45) is 1.71. The van der Waals surface area contributed by atoms with Crippen LogP contribution in [0.2, 0.25) is 0 Å². The first-order valence-electron chi connectivity index (χ1n) is 8.94. The van der Waals surface area contributed by atoms with Crippen LogP contribution in [0.4, 0.5) is 4.79 Å². The van der Waals surface area contributed by atoms with Crippen LogP contribution in [-0.2, 0) is 20.9 Å². The molecule has 0 aliphatic rings. The average molecular weight is 410 g/mol. The highest BCUT2D eigenvalue weighted by atomic mass is 16.5. The van der Waals surface area contributed by atoms with E-state index in [1.165, 1.54) is 13.2 Å². The van der Waals surface area contributed by atoms with Crippen LogP contribution in [0.3, 0.4) is 0 Å². The van der Waals surface area contributed by atoms with Crippen LogP contribution in [0.15, 0.2) is 42.0 Å². The fourth-order valence-corrected chi connectivity index (χ4v) is 2.82. The summed E-state index contributed by atoms with van der Waals surface area (Å²) >= 11 is 0. The van der Waals surface area contributed by atoms with E-state index in [4.69, 9.17) is 10.5 Å². The molecular weight excluding hydrogens is 388 g/mol. The molecular formula is C22H22N2O6. The second kappa shape index (κ2) is 10.0. The Morgan fingerprint density at radius 3 is 2.17 bits per heavy atom. The van der Waals surface area contributed by atoms with Crippen molar-refractivity contribution in [1.82, 2.24) is 5.32 Å². The number of aryl methyl sites for hydroxylation is 2. The lowest BCUT2D eigenvalue weighted by Gasteiger charge is -2.14. The number of carbonyl (C=O) groups excluding carboxylic acids is 4. The minimum atomic E-state index is -1.04. The number of ether oxygens (including phenoxy) is 2. The van der Waals surface area contributed by atoms with Crippen molar-refractivity contribution in [2.75, 3.05) is 7.11 Å². The smallest absolute Gasteiger partial charge is 0.337 e. The number of hydrogen-bond donors (Lipinski definition) is 2. The van der Waals surface area contributed by atoms with Gasteiger partial charge >= 0.3 is 12.0 Å². The molecule has 3 amide bonds. The second-order valence-corrected chi connectivity index (χ2v) is 6.50. The average Bonchev–Trinajstić information content (AvgIpc) is 2.70. The number of rotatable bonds is 7. The third kappa shape index (κ3) is 5.78. The number of hydrogen-bond acceptors (Lipinski definition) is 6. The van der Waals surface area contributed by atoms with E-state index in [-0.39, 0.29) is 5.57 Å². The first-order chi connectivity index (χ1) is 14.2. The van der Waals surface area contributed by atoms with Crippen LogP contribution in [-0.4, -0.2) is 31.3 Å². The SMILES string of the molecule is COC(=O)c1ccc(COc2c(C)cc(/C=C(\C=O)C(=O)NC(N)=O)cc2C)cc1. The molecule has 30 heavy (non-hydrogen) atoms. The summed E-state index contributed by atoms with van der Waals surface area (Å²) in [7, 11) is 1.33. The number of aldehydes is 1. The van der Waals surface area contributed by atoms with Gasteiger partial charge in [-0.15, -0.1) is 0 Å². The van der Waals surface area contributed by atoms with Gasteiger partial charge in [0.2, 0.25) is 0 Å². The molecule has 0 fully saturated rings. The Kier molecular flexibility index (Phi) is 7.46. The third-order valence-corrected chi connectivity index (χ3v) is 4.19. The predicted octanol–water partition coefficient (Wildman–Crippen LogP) is 2.45. The zero-order chi connectivity index (χ0) is 22.3. The minimum Gasteiger partial charge on any atom is -0.488 e. The fraction of sp³-hybridized carbons (Fsp3) is 0.182. The molecule has 0 radical (unpaired) electrons. The van der Waals surface area contributed by atoms with E-state index in [0.717, 1.165) is 16.7 Å². The molecule has 3 N–H and O–H groups in total. The highest BCUT2D eigenvalue weighted by Crippen LogP contribution is 2.27. The highest BCUT2D eigenvalue weighted by molar-refractivity contribution is 6.18. The lowest BCUT2D eigenvalue weighted by Crippen LogP contribution is -2.36. The topological polar surface area (TPSA) is 125 Å². The van der Waals surface area contributed by atoms with E-state index in [0.29, 0.717) is 29.8 Å². The number of nitrogens with one attached hydrogen (secondary N) is 1. The summed E-state index contributed by atoms with van der Waals surface area (Å²) in [4.78, 5) is 45.3. The number of esters is 1. The predicted molar refractivity (Wildman–Crippen MR) is 110 cm³/mol. The molecule has 0 saturated heterocycles. The van der Waals surface area contributed by atoms with Gasteiger partial charge in [-0.25, -0.2) is 9.59 Å². The lowest BCUT2D eigenvalue weighted by atomic mass is 10.0. The lowest BCUT2D eigenvalue weighted by molar-refractivity contribution is -0.118. The molecule has 2 rings (SSSR count). The van der Waals surface area contributed by atoms with Crippen LogP contribution in [0, 0.1) is 13.8 Å². The minimum absolute atomic E-state index is 0.230. The number of methoxy groups -OCH3 is 1. The van der Waals surface area contributed by atoms with E-state index in [1.54, 1.807) is 36.4 Å². The van der Waals surface area contributed by atoms with E-state index in [9.17, 15) is 19.2 Å². The molecule has 2 aromatic rings. The quantitative estimate of drug-likeness (QED) is 0.237. The molecule has 8 heteroatoms. The number of urea groups is 1. The van der Waals surface area contributed by atoms with Gasteiger partial charge in [-0.2, -0.15) is 0 Å². The van der Waals surface area contributed by atoms with Crippen LogP contribution in [0.25, 0.3) is 6.08 Å². The van der Waals surface area contributed by atoms with E-state index in [2.05, 4.69) is 4.74 Å². The Hall–Kier alpha value is -3.94. The van der Waals surface area contributed by atoms with Crippen molar-refractivity contribution >= 4 is 30.3 Å². The van der Waals surface area contributed by atoms with Crippen molar-refractivity contribution in [2.45, 2.75) is 20.5 Å². The third-order valence-electron chi connectivity index (χ3n) is 4.19. The number of carbonyl (C=O) groups is 4. The van der Waals surface area contributed by atoms with Crippen molar-refractivity contribution in [2.24, 2.45) is 5.73 Å². The zero-order valence-corrected chi connectivity index (χ0v) is 16.9. The Bertz CT molecular complexity index is 986. The molecule has 0 atom stereocenters. The molecule has 0 saturated carbocycles. The summed E-state index contributed by atoms with van der Waals surface area (Å²) < 4.78 is 10.6. The number of amides is 3. The first kappa shape index (κ1) is 22.4. The summed E-state index contributed by atoms with van der Waals surface area (Å²) in [6, 6.07) is 9.35. The molecule has 0 unspecified atom stereocenters. The molecule has 0 aliphatic heterocycles. The standard InChI is InChI=1S/C22H22N2O6/c1-13-8-16(10-18(11-25)20(26)24-22(23)28)9-14(2)19(13)30-12-15-4-6-17(7-5-15)21(27)29-3/h4-11H,12H2,1-3H3,(H3,23,24,26,28)/b18-10+. The van der Waals surface area contributed by atoms with Crippen molar-refractivity contribution in [3.05, 3.63) is 69.8 Å². The zero-order valence-electron chi connectivity index (χ0n) is 16.9. The van der Waals surface area contributed by atoms with E-state index < -0.39 is 17.9 Å². The van der Waals surface area contributed by atoms with Gasteiger partial charge in [-0.05, 0) is 66.4 Å². The molecule has 0 spiro atoms. The Balaban J connectivity index is 2.17. The van der Waals surface area contributed by atoms with Crippen molar-refractivity contribution in [3.8, 4) is 5.75 Å². The molecule has 8 nitrogen and oxygen atoms in total.